The van der Waals surface area contributed by atoms with Crippen LogP contribution in [0, 0.1) is 5.92 Å². The fourth-order valence-electron chi connectivity index (χ4n) is 3.56. The van der Waals surface area contributed by atoms with Crippen LogP contribution in [0.5, 0.6) is 0 Å². The number of nitrogens with zero attached hydrogens (tertiary/aromatic N) is 4. The number of morpholine rings is 1. The van der Waals surface area contributed by atoms with Crippen LogP contribution in [0.15, 0.2) is 10.4 Å². The van der Waals surface area contributed by atoms with Crippen molar-refractivity contribution in [2.24, 2.45) is 10.9 Å². The van der Waals surface area contributed by atoms with Crippen molar-refractivity contribution in [2.45, 2.75) is 25.9 Å². The van der Waals surface area contributed by atoms with E-state index in [1.54, 1.807) is 0 Å². The third kappa shape index (κ3) is 7.51. The van der Waals surface area contributed by atoms with Gasteiger partial charge in [0, 0.05) is 57.6 Å². The maximum atomic E-state index is 12.7. The van der Waals surface area contributed by atoms with Crippen LogP contribution in [-0.4, -0.2) is 79.8 Å². The standard InChI is InChI=1S/C18H28F3N5OS.HI/c1-2-22-17(23-5-3-16-24-15(13-28-16)18(19,20)21)26-6-4-14(12-26)11-25-7-9-27-10-8-25;/h13-14H,2-12H2,1H3,(H,22,23);1H. The molecule has 1 atom stereocenters. The third-order valence-electron chi connectivity index (χ3n) is 4.97. The lowest BCUT2D eigenvalue weighted by atomic mass is 10.1. The predicted molar refractivity (Wildman–Crippen MR) is 119 cm³/mol. The summed E-state index contributed by atoms with van der Waals surface area (Å²) in [6.45, 7) is 9.83. The van der Waals surface area contributed by atoms with Crippen LogP contribution >= 0.6 is 35.3 Å². The molecule has 2 fully saturated rings. The first-order valence-corrected chi connectivity index (χ1v) is 10.7. The molecule has 2 saturated heterocycles. The number of aliphatic imine (C=N–C) groups is 1. The minimum absolute atomic E-state index is 0. The second kappa shape index (κ2) is 11.7. The van der Waals surface area contributed by atoms with Crippen LogP contribution in [0.2, 0.25) is 0 Å². The van der Waals surface area contributed by atoms with E-state index in [2.05, 4.69) is 25.1 Å². The molecule has 0 spiro atoms. The second-order valence-electron chi connectivity index (χ2n) is 7.12. The molecule has 1 aromatic heterocycles. The average Bonchev–Trinajstić information content (AvgIpc) is 3.31. The van der Waals surface area contributed by atoms with Crippen LogP contribution in [-0.2, 0) is 17.3 Å². The number of hydrogen-bond donors (Lipinski definition) is 1. The summed E-state index contributed by atoms with van der Waals surface area (Å²) in [5, 5.41) is 4.85. The Hall–Kier alpha value is -0.660. The number of aromatic nitrogens is 1. The molecule has 0 aliphatic carbocycles. The van der Waals surface area contributed by atoms with E-state index in [0.29, 0.717) is 23.9 Å². The maximum absolute atomic E-state index is 12.7. The minimum Gasteiger partial charge on any atom is -0.379 e. The number of halogens is 4. The van der Waals surface area contributed by atoms with Crippen molar-refractivity contribution in [3.8, 4) is 0 Å². The van der Waals surface area contributed by atoms with Gasteiger partial charge < -0.3 is 15.0 Å². The van der Waals surface area contributed by atoms with Crippen molar-refractivity contribution in [3.63, 3.8) is 0 Å². The molecule has 2 aliphatic heterocycles. The fraction of sp³-hybridized carbons (Fsp3) is 0.778. The zero-order valence-electron chi connectivity index (χ0n) is 16.6. The summed E-state index contributed by atoms with van der Waals surface area (Å²) in [5.41, 5.74) is -0.811. The van der Waals surface area contributed by atoms with Gasteiger partial charge in [-0.25, -0.2) is 4.98 Å². The number of nitrogens with one attached hydrogen (secondary N) is 1. The number of hydrogen-bond acceptors (Lipinski definition) is 5. The molecule has 3 rings (SSSR count). The molecule has 1 aromatic rings. The quantitative estimate of drug-likeness (QED) is 0.338. The molecule has 3 heterocycles. The molecule has 0 aromatic carbocycles. The molecular formula is C18H29F3IN5OS. The Morgan fingerprint density at radius 1 is 1.34 bits per heavy atom. The molecule has 0 bridgehead atoms. The van der Waals surface area contributed by atoms with E-state index in [0.717, 1.165) is 81.6 Å². The van der Waals surface area contributed by atoms with Crippen molar-refractivity contribution >= 4 is 41.3 Å². The van der Waals surface area contributed by atoms with E-state index < -0.39 is 11.9 Å². The first kappa shape index (κ1) is 24.6. The van der Waals surface area contributed by atoms with Crippen LogP contribution in [0.4, 0.5) is 13.2 Å². The molecule has 1 unspecified atom stereocenters. The van der Waals surface area contributed by atoms with Gasteiger partial charge in [0.2, 0.25) is 0 Å². The zero-order valence-corrected chi connectivity index (χ0v) is 19.7. The van der Waals surface area contributed by atoms with Crippen molar-refractivity contribution < 1.29 is 17.9 Å². The number of alkyl halides is 3. The van der Waals surface area contributed by atoms with Gasteiger partial charge in [-0.3, -0.25) is 9.89 Å². The Kier molecular flexibility index (Phi) is 9.89. The van der Waals surface area contributed by atoms with Crippen LogP contribution in [0.1, 0.15) is 24.0 Å². The fourth-order valence-corrected chi connectivity index (χ4v) is 4.36. The first-order valence-electron chi connectivity index (χ1n) is 9.80. The van der Waals surface area contributed by atoms with Gasteiger partial charge in [0.05, 0.1) is 18.2 Å². The summed E-state index contributed by atoms with van der Waals surface area (Å²) in [4.78, 5) is 13.0. The highest BCUT2D eigenvalue weighted by atomic mass is 127. The minimum atomic E-state index is -4.38. The highest BCUT2D eigenvalue weighted by Gasteiger charge is 2.33. The predicted octanol–water partition coefficient (Wildman–Crippen LogP) is 2.94. The molecule has 1 N–H and O–H groups in total. The highest BCUT2D eigenvalue weighted by Crippen LogP contribution is 2.30. The second-order valence-corrected chi connectivity index (χ2v) is 8.07. The number of thiazole rings is 1. The van der Waals surface area contributed by atoms with Gasteiger partial charge in [-0.15, -0.1) is 35.3 Å². The zero-order chi connectivity index (χ0) is 20.0. The number of ether oxygens (including phenoxy) is 1. The van der Waals surface area contributed by atoms with Crippen molar-refractivity contribution in [1.29, 1.82) is 0 Å². The lowest BCUT2D eigenvalue weighted by Gasteiger charge is -2.29. The normalized spacial score (nSPS) is 21.3. The summed E-state index contributed by atoms with van der Waals surface area (Å²) in [5.74, 6) is 1.45. The van der Waals surface area contributed by atoms with Gasteiger partial charge in [0.1, 0.15) is 0 Å². The van der Waals surface area contributed by atoms with E-state index in [9.17, 15) is 13.2 Å². The van der Waals surface area contributed by atoms with Crippen molar-refractivity contribution in [1.82, 2.24) is 20.1 Å². The smallest absolute Gasteiger partial charge is 0.379 e. The van der Waals surface area contributed by atoms with E-state index in [-0.39, 0.29) is 24.0 Å². The summed E-state index contributed by atoms with van der Waals surface area (Å²) in [6, 6.07) is 0. The summed E-state index contributed by atoms with van der Waals surface area (Å²) < 4.78 is 43.4. The molecule has 0 amide bonds. The molecule has 29 heavy (non-hydrogen) atoms. The summed E-state index contributed by atoms with van der Waals surface area (Å²) in [6.07, 6.45) is -2.83. The van der Waals surface area contributed by atoms with Gasteiger partial charge in [-0.05, 0) is 19.3 Å². The Bertz CT molecular complexity index is 652. The van der Waals surface area contributed by atoms with Gasteiger partial charge in [-0.2, -0.15) is 13.2 Å². The van der Waals surface area contributed by atoms with Gasteiger partial charge in [0.25, 0.3) is 0 Å². The van der Waals surface area contributed by atoms with E-state index in [1.807, 2.05) is 6.92 Å². The Morgan fingerprint density at radius 2 is 2.10 bits per heavy atom. The van der Waals surface area contributed by atoms with E-state index in [4.69, 9.17) is 4.74 Å². The Balaban J connectivity index is 0.00000300. The monoisotopic (exact) mass is 547 g/mol. The van der Waals surface area contributed by atoms with Gasteiger partial charge in [-0.1, -0.05) is 0 Å². The average molecular weight is 547 g/mol. The molecule has 0 saturated carbocycles. The van der Waals surface area contributed by atoms with Gasteiger partial charge in [0.15, 0.2) is 11.7 Å². The highest BCUT2D eigenvalue weighted by molar-refractivity contribution is 14.0. The molecule has 166 valence electrons. The lowest BCUT2D eigenvalue weighted by molar-refractivity contribution is -0.140. The summed E-state index contributed by atoms with van der Waals surface area (Å²) in [7, 11) is 0. The largest absolute Gasteiger partial charge is 0.434 e. The van der Waals surface area contributed by atoms with Crippen LogP contribution < -0.4 is 5.32 Å². The Morgan fingerprint density at radius 3 is 2.76 bits per heavy atom. The Labute approximate surface area is 190 Å². The van der Waals surface area contributed by atoms with Gasteiger partial charge >= 0.3 is 6.18 Å². The SMILES string of the molecule is CCNC(=NCCc1nc(C(F)(F)F)cs1)N1CCC(CN2CCOCC2)C1.I. The van der Waals surface area contributed by atoms with Crippen molar-refractivity contribution in [3.05, 3.63) is 16.1 Å². The molecule has 11 heteroatoms. The topological polar surface area (TPSA) is 53.0 Å². The third-order valence-corrected chi connectivity index (χ3v) is 5.88. The molecule has 0 radical (unpaired) electrons. The molecule has 2 aliphatic rings. The maximum Gasteiger partial charge on any atom is 0.434 e. The van der Waals surface area contributed by atoms with E-state index >= 15 is 0 Å². The lowest BCUT2D eigenvalue weighted by Crippen LogP contribution is -2.42. The van der Waals surface area contributed by atoms with Crippen LogP contribution in [0.25, 0.3) is 0 Å². The summed E-state index contributed by atoms with van der Waals surface area (Å²) >= 11 is 1.04. The van der Waals surface area contributed by atoms with E-state index in [1.165, 1.54) is 0 Å². The van der Waals surface area contributed by atoms with Crippen LogP contribution in [0.3, 0.4) is 0 Å². The molecular weight excluding hydrogens is 518 g/mol. The first-order chi connectivity index (χ1) is 13.5. The molecule has 6 nitrogen and oxygen atoms in total. The number of likely N-dealkylation sites (tertiary alicyclic amines) is 1. The van der Waals surface area contributed by atoms with Crippen molar-refractivity contribution in [2.75, 3.05) is 59.0 Å². The number of guanidine groups is 1. The number of rotatable bonds is 6.